The molecule has 4 heteroatoms. The van der Waals surface area contributed by atoms with Gasteiger partial charge in [-0.15, -0.1) is 0 Å². The third kappa shape index (κ3) is 2.92. The first-order chi connectivity index (χ1) is 8.58. The van der Waals surface area contributed by atoms with E-state index in [1.165, 1.54) is 6.92 Å². The fraction of sp³-hybridized carbons (Fsp3) is 0.0714. The molecule has 0 heterocycles. The Morgan fingerprint density at radius 2 is 1.89 bits per heavy atom. The number of Topliss-reactive ketones (excluding diaryl/α,β-unsaturated/α-hetero) is 1. The largest absolute Gasteiger partial charge is 0.455 e. The van der Waals surface area contributed by atoms with Gasteiger partial charge in [-0.2, -0.15) is 0 Å². The van der Waals surface area contributed by atoms with Crippen LogP contribution in [0, 0.1) is 0 Å². The zero-order valence-electron chi connectivity index (χ0n) is 9.61. The van der Waals surface area contributed by atoms with E-state index in [9.17, 15) is 4.79 Å². The molecule has 2 rings (SSSR count). The minimum Gasteiger partial charge on any atom is -0.455 e. The predicted octanol–water partition coefficient (Wildman–Crippen LogP) is 5.10. The van der Waals surface area contributed by atoms with E-state index in [1.54, 1.807) is 30.3 Å². The molecule has 0 saturated carbocycles. The summed E-state index contributed by atoms with van der Waals surface area (Å²) >= 11 is 9.40. The van der Waals surface area contributed by atoms with Gasteiger partial charge in [0.05, 0.1) is 10.6 Å². The van der Waals surface area contributed by atoms with Crippen LogP contribution in [0.2, 0.25) is 5.02 Å². The third-order valence-corrected chi connectivity index (χ3v) is 3.19. The molecule has 2 aromatic rings. The number of carbonyl (C=O) groups is 1. The van der Waals surface area contributed by atoms with Crippen molar-refractivity contribution in [2.24, 2.45) is 0 Å². The van der Waals surface area contributed by atoms with Crippen molar-refractivity contribution in [1.82, 2.24) is 0 Å². The van der Waals surface area contributed by atoms with Crippen LogP contribution in [0.25, 0.3) is 0 Å². The van der Waals surface area contributed by atoms with Crippen LogP contribution >= 0.6 is 27.5 Å². The molecule has 0 saturated heterocycles. The first-order valence-corrected chi connectivity index (χ1v) is 6.48. The number of ether oxygens (including phenoxy) is 1. The molecule has 0 amide bonds. The summed E-state index contributed by atoms with van der Waals surface area (Å²) in [5.41, 5.74) is 0.536. The second kappa shape index (κ2) is 5.55. The van der Waals surface area contributed by atoms with Gasteiger partial charge in [-0.1, -0.05) is 39.7 Å². The number of carbonyl (C=O) groups excluding carboxylic acids is 1. The fourth-order valence-corrected chi connectivity index (χ4v) is 2.02. The summed E-state index contributed by atoms with van der Waals surface area (Å²) in [4.78, 5) is 11.5. The monoisotopic (exact) mass is 324 g/mol. The van der Waals surface area contributed by atoms with Crippen LogP contribution in [0.5, 0.6) is 11.5 Å². The van der Waals surface area contributed by atoms with Crippen molar-refractivity contribution < 1.29 is 9.53 Å². The molecule has 0 bridgehead atoms. The lowest BCUT2D eigenvalue weighted by molar-refractivity contribution is 0.101. The van der Waals surface area contributed by atoms with Gasteiger partial charge in [0, 0.05) is 4.47 Å². The van der Waals surface area contributed by atoms with Gasteiger partial charge in [0.25, 0.3) is 0 Å². The first kappa shape index (κ1) is 13.1. The maximum Gasteiger partial charge on any atom is 0.163 e. The van der Waals surface area contributed by atoms with E-state index < -0.39 is 0 Å². The predicted molar refractivity (Wildman–Crippen MR) is 75.7 cm³/mol. The SMILES string of the molecule is CC(=O)c1ccccc1Oc1cc(Br)ccc1Cl. The van der Waals surface area contributed by atoms with E-state index in [2.05, 4.69) is 15.9 Å². The Labute approximate surface area is 119 Å². The van der Waals surface area contributed by atoms with Gasteiger partial charge < -0.3 is 4.74 Å². The Balaban J connectivity index is 2.40. The summed E-state index contributed by atoms with van der Waals surface area (Å²) in [6.45, 7) is 1.50. The summed E-state index contributed by atoms with van der Waals surface area (Å²) in [7, 11) is 0. The van der Waals surface area contributed by atoms with Gasteiger partial charge in [0.2, 0.25) is 0 Å². The van der Waals surface area contributed by atoms with E-state index in [-0.39, 0.29) is 5.78 Å². The highest BCUT2D eigenvalue weighted by molar-refractivity contribution is 9.10. The number of halogens is 2. The molecule has 0 spiro atoms. The smallest absolute Gasteiger partial charge is 0.163 e. The molecule has 0 aliphatic carbocycles. The average Bonchev–Trinajstić information content (AvgIpc) is 2.34. The number of rotatable bonds is 3. The molecule has 18 heavy (non-hydrogen) atoms. The van der Waals surface area contributed by atoms with E-state index in [1.807, 2.05) is 12.1 Å². The molecule has 0 radical (unpaired) electrons. The van der Waals surface area contributed by atoms with Gasteiger partial charge in [-0.25, -0.2) is 0 Å². The van der Waals surface area contributed by atoms with Crippen LogP contribution < -0.4 is 4.74 Å². The second-order valence-electron chi connectivity index (χ2n) is 3.73. The Kier molecular flexibility index (Phi) is 4.04. The number of benzene rings is 2. The third-order valence-electron chi connectivity index (χ3n) is 2.38. The lowest BCUT2D eigenvalue weighted by Gasteiger charge is -2.10. The molecule has 0 aromatic heterocycles. The average molecular weight is 326 g/mol. The van der Waals surface area contributed by atoms with Crippen LogP contribution in [-0.4, -0.2) is 5.78 Å². The molecule has 0 fully saturated rings. The summed E-state index contributed by atoms with van der Waals surface area (Å²) in [6.07, 6.45) is 0. The van der Waals surface area contributed by atoms with Crippen molar-refractivity contribution in [3.63, 3.8) is 0 Å². The Morgan fingerprint density at radius 3 is 2.61 bits per heavy atom. The maximum atomic E-state index is 11.5. The molecular formula is C14H10BrClO2. The molecule has 92 valence electrons. The minimum atomic E-state index is -0.0447. The summed E-state index contributed by atoms with van der Waals surface area (Å²) < 4.78 is 6.56. The highest BCUT2D eigenvalue weighted by atomic mass is 79.9. The van der Waals surface area contributed by atoms with E-state index in [4.69, 9.17) is 16.3 Å². The zero-order valence-corrected chi connectivity index (χ0v) is 12.0. The summed E-state index contributed by atoms with van der Waals surface area (Å²) in [6, 6.07) is 12.4. The Hall–Kier alpha value is -1.32. The molecule has 0 aliphatic heterocycles. The molecule has 0 N–H and O–H groups in total. The number of hydrogen-bond donors (Lipinski definition) is 0. The number of ketones is 1. The van der Waals surface area contributed by atoms with Crippen LogP contribution in [0.1, 0.15) is 17.3 Å². The van der Waals surface area contributed by atoms with Crippen LogP contribution in [0.4, 0.5) is 0 Å². The van der Waals surface area contributed by atoms with Crippen LogP contribution in [0.15, 0.2) is 46.9 Å². The summed E-state index contributed by atoms with van der Waals surface area (Å²) in [5.74, 6) is 0.974. The minimum absolute atomic E-state index is 0.0447. The van der Waals surface area contributed by atoms with Crippen LogP contribution in [0.3, 0.4) is 0 Å². The van der Waals surface area contributed by atoms with Crippen LogP contribution in [-0.2, 0) is 0 Å². The topological polar surface area (TPSA) is 26.3 Å². The molecule has 0 atom stereocenters. The normalized spacial score (nSPS) is 10.2. The van der Waals surface area contributed by atoms with E-state index >= 15 is 0 Å². The fourth-order valence-electron chi connectivity index (χ4n) is 1.52. The van der Waals surface area contributed by atoms with E-state index in [0.29, 0.717) is 22.1 Å². The quantitative estimate of drug-likeness (QED) is 0.734. The van der Waals surface area contributed by atoms with Gasteiger partial charge >= 0.3 is 0 Å². The highest BCUT2D eigenvalue weighted by Crippen LogP contribution is 2.33. The molecular weight excluding hydrogens is 316 g/mol. The van der Waals surface area contributed by atoms with Crippen molar-refractivity contribution in [3.05, 3.63) is 57.5 Å². The van der Waals surface area contributed by atoms with Gasteiger partial charge in [-0.05, 0) is 37.3 Å². The second-order valence-corrected chi connectivity index (χ2v) is 5.05. The Bertz CT molecular complexity index is 596. The van der Waals surface area contributed by atoms with Crippen molar-refractivity contribution in [3.8, 4) is 11.5 Å². The number of hydrogen-bond acceptors (Lipinski definition) is 2. The van der Waals surface area contributed by atoms with Gasteiger partial charge in [-0.3, -0.25) is 4.79 Å². The lowest BCUT2D eigenvalue weighted by Crippen LogP contribution is -1.96. The van der Waals surface area contributed by atoms with Gasteiger partial charge in [0.15, 0.2) is 5.78 Å². The van der Waals surface area contributed by atoms with Gasteiger partial charge in [0.1, 0.15) is 11.5 Å². The van der Waals surface area contributed by atoms with Crippen molar-refractivity contribution in [1.29, 1.82) is 0 Å². The summed E-state index contributed by atoms with van der Waals surface area (Å²) in [5, 5.41) is 0.497. The molecule has 2 nitrogen and oxygen atoms in total. The van der Waals surface area contributed by atoms with E-state index in [0.717, 1.165) is 4.47 Å². The first-order valence-electron chi connectivity index (χ1n) is 5.31. The number of para-hydroxylation sites is 1. The molecule has 0 unspecified atom stereocenters. The standard InChI is InChI=1S/C14H10BrClO2/c1-9(17)11-4-2-3-5-13(11)18-14-8-10(15)6-7-12(14)16/h2-8H,1H3. The molecule has 2 aromatic carbocycles. The highest BCUT2D eigenvalue weighted by Gasteiger charge is 2.10. The maximum absolute atomic E-state index is 11.5. The molecule has 0 aliphatic rings. The van der Waals surface area contributed by atoms with Crippen molar-refractivity contribution >= 4 is 33.3 Å². The Morgan fingerprint density at radius 1 is 1.17 bits per heavy atom. The zero-order chi connectivity index (χ0) is 13.1. The lowest BCUT2D eigenvalue weighted by atomic mass is 10.1. The van der Waals surface area contributed by atoms with Crippen molar-refractivity contribution in [2.75, 3.05) is 0 Å². The van der Waals surface area contributed by atoms with Crippen molar-refractivity contribution in [2.45, 2.75) is 6.92 Å².